The Morgan fingerprint density at radius 2 is 1.07 bits per heavy atom. The van der Waals surface area contributed by atoms with Crippen LogP contribution in [-0.4, -0.2) is 54.7 Å². The van der Waals surface area contributed by atoms with E-state index in [-0.39, 0.29) is 35.7 Å². The first-order chi connectivity index (χ1) is 18.5. The van der Waals surface area contributed by atoms with E-state index in [4.69, 9.17) is 34.2 Å². The van der Waals surface area contributed by atoms with Crippen LogP contribution in [0, 0.1) is 17.8 Å². The summed E-state index contributed by atoms with van der Waals surface area (Å²) >= 11 is 0. The maximum absolute atomic E-state index is 12.6. The third-order valence-corrected chi connectivity index (χ3v) is 6.33. The predicted octanol–water partition coefficient (Wildman–Crippen LogP) is 5.20. The second kappa shape index (κ2) is 16.1. The summed E-state index contributed by atoms with van der Waals surface area (Å²) in [5, 5.41) is 0. The molecule has 0 aliphatic rings. The van der Waals surface area contributed by atoms with Gasteiger partial charge in [0.25, 0.3) is 0 Å². The lowest BCUT2D eigenvalue weighted by atomic mass is 10.1. The van der Waals surface area contributed by atoms with Gasteiger partial charge in [0, 0.05) is 0 Å². The lowest BCUT2D eigenvalue weighted by molar-refractivity contribution is -0.168. The summed E-state index contributed by atoms with van der Waals surface area (Å²) in [5.74, 6) is -1.52. The summed E-state index contributed by atoms with van der Waals surface area (Å²) in [4.78, 5) is 49.2. The highest BCUT2D eigenvalue weighted by Crippen LogP contribution is 2.30. The van der Waals surface area contributed by atoms with E-state index in [0.29, 0.717) is 5.56 Å². The molecule has 1 aromatic rings. The Balaban J connectivity index is 3.03. The van der Waals surface area contributed by atoms with Crippen LogP contribution in [0.1, 0.15) is 74.8 Å². The van der Waals surface area contributed by atoms with Crippen LogP contribution in [0.5, 0.6) is 11.5 Å². The van der Waals surface area contributed by atoms with E-state index < -0.39 is 54.7 Å². The van der Waals surface area contributed by atoms with Crippen LogP contribution in [-0.2, 0) is 35.0 Å². The Hall–Kier alpha value is -3.34. The molecule has 0 saturated heterocycles. The molecule has 0 aromatic heterocycles. The Morgan fingerprint density at radius 3 is 1.52 bits per heavy atom. The van der Waals surface area contributed by atoms with Crippen molar-refractivity contribution >= 4 is 24.2 Å². The van der Waals surface area contributed by atoms with Crippen molar-refractivity contribution in [2.24, 2.45) is 23.5 Å². The number of rotatable bonds is 13. The van der Waals surface area contributed by atoms with E-state index in [2.05, 4.69) is 0 Å². The predicted molar refractivity (Wildman–Crippen MR) is 147 cm³/mol. The molecule has 0 fully saturated rings. The largest absolute Gasteiger partial charge is 0.514 e. The fraction of sp³-hybridized carbons (Fsp3) is 0.655. The van der Waals surface area contributed by atoms with Gasteiger partial charge in [-0.1, -0.05) is 47.6 Å². The molecule has 0 heterocycles. The molecule has 0 saturated carbocycles. The first-order valence-corrected chi connectivity index (χ1v) is 13.6. The van der Waals surface area contributed by atoms with Crippen molar-refractivity contribution in [2.45, 2.75) is 106 Å². The average Bonchev–Trinajstić information content (AvgIpc) is 2.84. The molecule has 40 heavy (non-hydrogen) atoms. The maximum atomic E-state index is 12.6. The number of carbonyl (C=O) groups excluding carboxylic acids is 4. The topological polar surface area (TPSA) is 150 Å². The van der Waals surface area contributed by atoms with Gasteiger partial charge < -0.3 is 34.2 Å². The third-order valence-electron chi connectivity index (χ3n) is 6.33. The molecule has 0 radical (unpaired) electrons. The molecule has 1 rings (SSSR count). The molecular formula is C29H45NO10. The van der Waals surface area contributed by atoms with Crippen molar-refractivity contribution in [1.82, 2.24) is 0 Å². The van der Waals surface area contributed by atoms with Gasteiger partial charge in [-0.15, -0.1) is 0 Å². The quantitative estimate of drug-likeness (QED) is 0.190. The van der Waals surface area contributed by atoms with Crippen molar-refractivity contribution in [2.75, 3.05) is 0 Å². The molecule has 0 aliphatic heterocycles. The van der Waals surface area contributed by atoms with Crippen LogP contribution < -0.4 is 15.2 Å². The number of esters is 2. The van der Waals surface area contributed by atoms with E-state index in [1.807, 2.05) is 27.7 Å². The second-order valence-electron chi connectivity index (χ2n) is 10.9. The van der Waals surface area contributed by atoms with Crippen LogP contribution in [0.15, 0.2) is 18.2 Å². The SMILES string of the molecule is CC(C)C(=O)O[C@@H](C)[C@H](C)OC(=O)[C@@H](N)Cc1ccc(OC(=O)OC(C)C(C)C)c(OC(=O)OC(C)C(C)C)c1. The fourth-order valence-corrected chi connectivity index (χ4v) is 2.77. The third kappa shape index (κ3) is 11.8. The lowest BCUT2D eigenvalue weighted by Gasteiger charge is -2.23. The molecule has 1 aromatic carbocycles. The molecule has 5 atom stereocenters. The van der Waals surface area contributed by atoms with E-state index in [0.717, 1.165) is 0 Å². The highest BCUT2D eigenvalue weighted by atomic mass is 16.8. The summed E-state index contributed by atoms with van der Waals surface area (Å²) in [7, 11) is 0. The summed E-state index contributed by atoms with van der Waals surface area (Å²) in [6.07, 6.45) is -4.18. The average molecular weight is 568 g/mol. The van der Waals surface area contributed by atoms with Gasteiger partial charge in [0.05, 0.1) is 5.92 Å². The minimum Gasteiger partial charge on any atom is -0.459 e. The van der Waals surface area contributed by atoms with Crippen LogP contribution in [0.3, 0.4) is 0 Å². The smallest absolute Gasteiger partial charge is 0.459 e. The van der Waals surface area contributed by atoms with Crippen LogP contribution in [0.25, 0.3) is 0 Å². The number of ether oxygens (including phenoxy) is 6. The van der Waals surface area contributed by atoms with Gasteiger partial charge in [-0.25, -0.2) is 9.59 Å². The molecule has 0 aliphatic carbocycles. The van der Waals surface area contributed by atoms with Crippen molar-refractivity contribution in [3.8, 4) is 11.5 Å². The number of hydrogen-bond acceptors (Lipinski definition) is 11. The van der Waals surface area contributed by atoms with Gasteiger partial charge in [0.15, 0.2) is 11.5 Å². The first-order valence-electron chi connectivity index (χ1n) is 13.6. The summed E-state index contributed by atoms with van der Waals surface area (Å²) in [5.41, 5.74) is 6.57. The Labute approximate surface area is 236 Å². The number of nitrogens with two attached hydrogens (primary N) is 1. The zero-order chi connectivity index (χ0) is 30.7. The van der Waals surface area contributed by atoms with Crippen molar-refractivity contribution < 1.29 is 47.6 Å². The van der Waals surface area contributed by atoms with Gasteiger partial charge in [-0.3, -0.25) is 9.59 Å². The van der Waals surface area contributed by atoms with Gasteiger partial charge >= 0.3 is 24.2 Å². The minimum absolute atomic E-state index is 0.00856. The normalized spacial score (nSPS) is 15.1. The molecule has 2 N–H and O–H groups in total. The molecule has 0 amide bonds. The number of benzene rings is 1. The number of carbonyl (C=O) groups is 4. The van der Waals surface area contributed by atoms with Crippen molar-refractivity contribution in [3.05, 3.63) is 23.8 Å². The maximum Gasteiger partial charge on any atom is 0.514 e. The highest BCUT2D eigenvalue weighted by Gasteiger charge is 2.26. The van der Waals surface area contributed by atoms with Crippen LogP contribution in [0.2, 0.25) is 0 Å². The molecule has 11 heteroatoms. The van der Waals surface area contributed by atoms with Gasteiger partial charge in [-0.05, 0) is 63.6 Å². The second-order valence-corrected chi connectivity index (χ2v) is 10.9. The summed E-state index contributed by atoms with van der Waals surface area (Å²) in [6, 6.07) is 3.30. The Kier molecular flexibility index (Phi) is 13.9. The molecule has 11 nitrogen and oxygen atoms in total. The van der Waals surface area contributed by atoms with E-state index >= 15 is 0 Å². The van der Waals surface area contributed by atoms with E-state index in [1.54, 1.807) is 47.6 Å². The van der Waals surface area contributed by atoms with Crippen LogP contribution in [0.4, 0.5) is 9.59 Å². The van der Waals surface area contributed by atoms with Gasteiger partial charge in [0.2, 0.25) is 0 Å². The van der Waals surface area contributed by atoms with Crippen LogP contribution >= 0.6 is 0 Å². The Bertz CT molecular complexity index is 1010. The minimum atomic E-state index is -1.08. The zero-order valence-electron chi connectivity index (χ0n) is 25.2. The molecule has 2 unspecified atom stereocenters. The summed E-state index contributed by atoms with van der Waals surface area (Å²) < 4.78 is 31.8. The molecule has 226 valence electrons. The van der Waals surface area contributed by atoms with Crippen molar-refractivity contribution in [1.29, 1.82) is 0 Å². The van der Waals surface area contributed by atoms with E-state index in [9.17, 15) is 19.2 Å². The highest BCUT2D eigenvalue weighted by molar-refractivity contribution is 5.76. The van der Waals surface area contributed by atoms with Crippen molar-refractivity contribution in [3.63, 3.8) is 0 Å². The summed E-state index contributed by atoms with van der Waals surface area (Å²) in [6.45, 7) is 17.6. The van der Waals surface area contributed by atoms with Gasteiger partial charge in [-0.2, -0.15) is 0 Å². The Morgan fingerprint density at radius 1 is 0.625 bits per heavy atom. The van der Waals surface area contributed by atoms with E-state index in [1.165, 1.54) is 12.1 Å². The molecular weight excluding hydrogens is 522 g/mol. The zero-order valence-corrected chi connectivity index (χ0v) is 25.2. The molecule has 0 spiro atoms. The lowest BCUT2D eigenvalue weighted by Crippen LogP contribution is -2.39. The first kappa shape index (κ1) is 34.7. The van der Waals surface area contributed by atoms with Gasteiger partial charge in [0.1, 0.15) is 30.5 Å². The standard InChI is InChI=1S/C29H45NO10/c1-15(2)18(7)37-28(33)39-24-12-11-22(14-25(24)40-29(34)38-19(8)16(3)4)13-23(30)27(32)36-21(10)20(9)35-26(31)17(5)6/h11-12,14-21,23H,13,30H2,1-10H3/t18?,19?,20-,21-,23-/m0/s1. The number of hydrogen-bond donors (Lipinski definition) is 1. The fourth-order valence-electron chi connectivity index (χ4n) is 2.77. The monoisotopic (exact) mass is 567 g/mol. The molecule has 0 bridgehead atoms.